The quantitative estimate of drug-likeness (QED) is 0.556. The number of ether oxygens (including phenoxy) is 2. The molecule has 0 aromatic heterocycles. The summed E-state index contributed by atoms with van der Waals surface area (Å²) in [6.45, 7) is 6.27. The van der Waals surface area contributed by atoms with Crippen molar-refractivity contribution in [3.8, 4) is 5.75 Å². The number of benzene rings is 2. The summed E-state index contributed by atoms with van der Waals surface area (Å²) >= 11 is 0. The number of carbonyl (C=O) groups is 1. The molecule has 3 aliphatic rings. The molecule has 192 valence electrons. The summed E-state index contributed by atoms with van der Waals surface area (Å²) in [6.07, 6.45) is 1.56. The van der Waals surface area contributed by atoms with Crippen molar-refractivity contribution in [1.29, 1.82) is 0 Å². The maximum absolute atomic E-state index is 14.8. The van der Waals surface area contributed by atoms with Gasteiger partial charge in [-0.3, -0.25) is 9.69 Å². The third-order valence-corrected chi connectivity index (χ3v) is 6.75. The van der Waals surface area contributed by atoms with Crippen molar-refractivity contribution in [3.05, 3.63) is 59.4 Å². The van der Waals surface area contributed by atoms with E-state index in [9.17, 15) is 9.18 Å². The summed E-state index contributed by atoms with van der Waals surface area (Å²) in [5.41, 5.74) is 7.95. The molecule has 2 saturated heterocycles. The largest absolute Gasteiger partial charge is 0.489 e. The van der Waals surface area contributed by atoms with Crippen molar-refractivity contribution < 1.29 is 18.7 Å². The third kappa shape index (κ3) is 5.14. The van der Waals surface area contributed by atoms with E-state index < -0.39 is 17.9 Å². The number of carbonyl (C=O) groups excluding carboxylic acids is 1. The highest BCUT2D eigenvalue weighted by molar-refractivity contribution is 6.05. The molecule has 0 radical (unpaired) electrons. The minimum Gasteiger partial charge on any atom is -0.489 e. The first kappa shape index (κ1) is 24.4. The number of rotatable bonds is 7. The predicted octanol–water partition coefficient (Wildman–Crippen LogP) is 1.70. The lowest BCUT2D eigenvalue weighted by molar-refractivity contribution is 0.0198. The Morgan fingerprint density at radius 2 is 1.81 bits per heavy atom. The molecule has 36 heavy (non-hydrogen) atoms. The number of anilines is 1. The second-order valence-electron chi connectivity index (χ2n) is 9.09. The molecule has 0 bridgehead atoms. The van der Waals surface area contributed by atoms with E-state index in [4.69, 9.17) is 21.1 Å². The molecule has 0 spiro atoms. The molecule has 0 aliphatic carbocycles. The monoisotopic (exact) mass is 497 g/mol. The lowest BCUT2D eigenvalue weighted by Gasteiger charge is -2.29. The van der Waals surface area contributed by atoms with Crippen LogP contribution in [0, 0.1) is 5.82 Å². The zero-order valence-corrected chi connectivity index (χ0v) is 20.2. The van der Waals surface area contributed by atoms with E-state index in [0.717, 1.165) is 48.5 Å². The van der Waals surface area contributed by atoms with Gasteiger partial charge < -0.3 is 20.1 Å². The molecule has 10 nitrogen and oxygen atoms in total. The van der Waals surface area contributed by atoms with Gasteiger partial charge in [-0.15, -0.1) is 5.12 Å². The number of halogens is 1. The minimum absolute atomic E-state index is 0.0592. The normalized spacial score (nSPS) is 21.2. The maximum atomic E-state index is 14.8. The molecule has 1 atom stereocenters. The molecule has 0 saturated carbocycles. The van der Waals surface area contributed by atoms with Crippen LogP contribution in [0.3, 0.4) is 0 Å². The van der Waals surface area contributed by atoms with Gasteiger partial charge in [0.2, 0.25) is 5.96 Å². The first-order valence-corrected chi connectivity index (χ1v) is 12.3. The Hall–Kier alpha value is -3.25. The van der Waals surface area contributed by atoms with Crippen LogP contribution in [0.25, 0.3) is 0 Å². The van der Waals surface area contributed by atoms with Crippen LogP contribution in [0.1, 0.15) is 34.9 Å². The molecule has 2 aromatic rings. The summed E-state index contributed by atoms with van der Waals surface area (Å²) in [5.74, 6) is 5.41. The van der Waals surface area contributed by atoms with Gasteiger partial charge in [-0.2, -0.15) is 5.01 Å². The lowest BCUT2D eigenvalue weighted by Crippen LogP contribution is -2.52. The van der Waals surface area contributed by atoms with Crippen LogP contribution in [0.15, 0.2) is 47.5 Å². The van der Waals surface area contributed by atoms with Crippen molar-refractivity contribution in [1.82, 2.24) is 15.0 Å². The van der Waals surface area contributed by atoms with E-state index in [1.54, 1.807) is 24.3 Å². The lowest BCUT2D eigenvalue weighted by atomic mass is 10.1. The Balaban J connectivity index is 1.23. The number of nitrogens with two attached hydrogens (primary N) is 2. The molecule has 2 fully saturated rings. The second kappa shape index (κ2) is 10.8. The van der Waals surface area contributed by atoms with E-state index in [-0.39, 0.29) is 11.7 Å². The van der Waals surface area contributed by atoms with Gasteiger partial charge in [-0.25, -0.2) is 15.2 Å². The van der Waals surface area contributed by atoms with Crippen LogP contribution < -0.4 is 21.2 Å². The first-order chi connectivity index (χ1) is 17.5. The summed E-state index contributed by atoms with van der Waals surface area (Å²) in [6, 6.07) is 11.8. The Kier molecular flexibility index (Phi) is 7.33. The van der Waals surface area contributed by atoms with Gasteiger partial charge in [-0.05, 0) is 67.9 Å². The second-order valence-corrected chi connectivity index (χ2v) is 9.09. The SMILES string of the molecule is NC1=NC(c2ccc(OCCN3CCCC3)c(F)c2)N(N)N1C(=O)c1ccc(N2CCOCC2)cc1. The Morgan fingerprint density at radius 3 is 2.50 bits per heavy atom. The summed E-state index contributed by atoms with van der Waals surface area (Å²) < 4.78 is 25.8. The van der Waals surface area contributed by atoms with Gasteiger partial charge in [0.15, 0.2) is 17.7 Å². The average molecular weight is 498 g/mol. The number of hydrogen-bond acceptors (Lipinski definition) is 9. The zero-order valence-electron chi connectivity index (χ0n) is 20.2. The molecule has 3 heterocycles. The summed E-state index contributed by atoms with van der Waals surface area (Å²) in [5, 5.41) is 2.23. The first-order valence-electron chi connectivity index (χ1n) is 12.3. The van der Waals surface area contributed by atoms with Gasteiger partial charge in [0, 0.05) is 30.9 Å². The van der Waals surface area contributed by atoms with Crippen molar-refractivity contribution >= 4 is 17.6 Å². The van der Waals surface area contributed by atoms with Crippen molar-refractivity contribution in [2.24, 2.45) is 16.6 Å². The fourth-order valence-electron chi connectivity index (χ4n) is 4.75. The van der Waals surface area contributed by atoms with Crippen LogP contribution in [0.2, 0.25) is 0 Å². The smallest absolute Gasteiger partial charge is 0.276 e. The predicted molar refractivity (Wildman–Crippen MR) is 134 cm³/mol. The Labute approximate surface area is 209 Å². The molecule has 2 aromatic carbocycles. The van der Waals surface area contributed by atoms with Crippen LogP contribution >= 0.6 is 0 Å². The zero-order chi connectivity index (χ0) is 25.1. The molecule has 1 unspecified atom stereocenters. The van der Waals surface area contributed by atoms with Crippen molar-refractivity contribution in [3.63, 3.8) is 0 Å². The maximum Gasteiger partial charge on any atom is 0.276 e. The Bertz CT molecular complexity index is 1100. The van der Waals surface area contributed by atoms with Crippen LogP contribution in [0.4, 0.5) is 10.1 Å². The molecule has 1 amide bonds. The van der Waals surface area contributed by atoms with E-state index in [1.165, 1.54) is 18.9 Å². The standard InChI is InChI=1S/C25H32FN7O3/c26-21-17-19(5-8-22(21)36-16-11-30-9-1-2-10-30)23-29-25(27)32(33(23)28)24(34)18-3-6-20(7-4-18)31-12-14-35-15-13-31/h3-8,17,23H,1-2,9-16,28H2,(H2,27,29). The van der Waals surface area contributed by atoms with Gasteiger partial charge in [-0.1, -0.05) is 6.07 Å². The van der Waals surface area contributed by atoms with Gasteiger partial charge >= 0.3 is 0 Å². The Morgan fingerprint density at radius 1 is 1.08 bits per heavy atom. The molecular weight excluding hydrogens is 465 g/mol. The number of amides is 1. The molecular formula is C25H32FN7O3. The van der Waals surface area contributed by atoms with Crippen molar-refractivity contribution in [2.75, 3.05) is 57.4 Å². The van der Waals surface area contributed by atoms with E-state index in [1.807, 2.05) is 12.1 Å². The van der Waals surface area contributed by atoms with Crippen molar-refractivity contribution in [2.45, 2.75) is 19.0 Å². The fourth-order valence-corrected chi connectivity index (χ4v) is 4.75. The number of guanidine groups is 1. The highest BCUT2D eigenvalue weighted by Crippen LogP contribution is 2.30. The minimum atomic E-state index is -0.838. The van der Waals surface area contributed by atoms with Crippen LogP contribution in [-0.2, 0) is 4.74 Å². The topological polar surface area (TPSA) is 113 Å². The molecule has 3 aliphatic heterocycles. The number of aliphatic imine (C=N–C) groups is 1. The third-order valence-electron chi connectivity index (χ3n) is 6.75. The molecule has 4 N–H and O–H groups in total. The van der Waals surface area contributed by atoms with Crippen LogP contribution in [0.5, 0.6) is 5.75 Å². The number of morpholine rings is 1. The van der Waals surface area contributed by atoms with E-state index >= 15 is 0 Å². The highest BCUT2D eigenvalue weighted by Gasteiger charge is 2.37. The molecule has 5 rings (SSSR count). The number of likely N-dealkylation sites (tertiary alicyclic amines) is 1. The van der Waals surface area contributed by atoms with Gasteiger partial charge in [0.1, 0.15) is 6.61 Å². The van der Waals surface area contributed by atoms with Crippen LogP contribution in [-0.4, -0.2) is 79.4 Å². The van der Waals surface area contributed by atoms with Gasteiger partial charge in [0.05, 0.1) is 13.2 Å². The number of nitrogens with zero attached hydrogens (tertiary/aromatic N) is 5. The fraction of sp³-hybridized carbons (Fsp3) is 0.440. The average Bonchev–Trinajstić information content (AvgIpc) is 3.52. The summed E-state index contributed by atoms with van der Waals surface area (Å²) in [7, 11) is 0. The highest BCUT2D eigenvalue weighted by atomic mass is 19.1. The number of hydrazine groups is 2. The summed E-state index contributed by atoms with van der Waals surface area (Å²) in [4.78, 5) is 22.0. The van der Waals surface area contributed by atoms with E-state index in [2.05, 4.69) is 14.8 Å². The molecule has 11 heteroatoms. The van der Waals surface area contributed by atoms with Gasteiger partial charge in [0.25, 0.3) is 5.91 Å². The number of hydrogen-bond donors (Lipinski definition) is 2. The van der Waals surface area contributed by atoms with E-state index in [0.29, 0.717) is 30.9 Å².